The summed E-state index contributed by atoms with van der Waals surface area (Å²) in [6.45, 7) is 8.37. The van der Waals surface area contributed by atoms with Crippen LogP contribution in [0.5, 0.6) is 0 Å². The summed E-state index contributed by atoms with van der Waals surface area (Å²) in [5.41, 5.74) is 0. The highest BCUT2D eigenvalue weighted by atomic mass is 15.2. The molecular weight excluding hydrogens is 208 g/mol. The van der Waals surface area contributed by atoms with Crippen molar-refractivity contribution in [2.75, 3.05) is 19.6 Å². The highest BCUT2D eigenvalue weighted by molar-refractivity contribution is 4.92. The van der Waals surface area contributed by atoms with E-state index in [-0.39, 0.29) is 0 Å². The molecule has 0 aromatic rings. The molecule has 2 nitrogen and oxygen atoms in total. The minimum atomic E-state index is 0.805. The second-order valence-corrected chi connectivity index (χ2v) is 6.02. The number of nitrogens with one attached hydrogen (secondary N) is 1. The van der Waals surface area contributed by atoms with Gasteiger partial charge in [0.2, 0.25) is 0 Å². The fraction of sp³-hybridized carbons (Fsp3) is 1.00. The lowest BCUT2D eigenvalue weighted by Gasteiger charge is -2.32. The van der Waals surface area contributed by atoms with Crippen molar-refractivity contribution in [3.8, 4) is 0 Å². The topological polar surface area (TPSA) is 15.3 Å². The van der Waals surface area contributed by atoms with Gasteiger partial charge in [0.15, 0.2) is 0 Å². The molecule has 2 rings (SSSR count). The Morgan fingerprint density at radius 3 is 2.41 bits per heavy atom. The van der Waals surface area contributed by atoms with E-state index in [4.69, 9.17) is 0 Å². The van der Waals surface area contributed by atoms with Gasteiger partial charge in [0.25, 0.3) is 0 Å². The third kappa shape index (κ3) is 4.59. The van der Waals surface area contributed by atoms with Crippen LogP contribution < -0.4 is 5.32 Å². The molecule has 2 fully saturated rings. The third-order valence-corrected chi connectivity index (χ3v) is 4.08. The molecule has 0 heterocycles. The standard InChI is InChI=1S/C15H30N2/c1-3-5-15(11-16-10-4-2)17(14-8-9-14)12-13-6-7-13/h13-16H,3-12H2,1-2H3. The fourth-order valence-corrected chi connectivity index (χ4v) is 2.76. The van der Waals surface area contributed by atoms with Crippen molar-refractivity contribution in [1.29, 1.82) is 0 Å². The SMILES string of the molecule is CCCNCC(CCC)N(CC1CC1)C1CC1. The van der Waals surface area contributed by atoms with Gasteiger partial charge in [-0.25, -0.2) is 0 Å². The molecule has 2 aliphatic carbocycles. The van der Waals surface area contributed by atoms with E-state index in [1.165, 1.54) is 64.6 Å². The van der Waals surface area contributed by atoms with Gasteiger partial charge in [-0.3, -0.25) is 4.90 Å². The van der Waals surface area contributed by atoms with Crippen molar-refractivity contribution in [2.45, 2.75) is 70.9 Å². The smallest absolute Gasteiger partial charge is 0.0223 e. The lowest BCUT2D eigenvalue weighted by atomic mass is 10.1. The molecule has 2 heteroatoms. The molecular formula is C15H30N2. The zero-order chi connectivity index (χ0) is 12.1. The summed E-state index contributed by atoms with van der Waals surface area (Å²) in [6.07, 6.45) is 9.85. The van der Waals surface area contributed by atoms with Crippen LogP contribution in [0.3, 0.4) is 0 Å². The van der Waals surface area contributed by atoms with Gasteiger partial charge in [0, 0.05) is 25.2 Å². The lowest BCUT2D eigenvalue weighted by Crippen LogP contribution is -2.44. The number of nitrogens with zero attached hydrogens (tertiary/aromatic N) is 1. The van der Waals surface area contributed by atoms with Crippen LogP contribution in [0.4, 0.5) is 0 Å². The van der Waals surface area contributed by atoms with Crippen LogP contribution in [0.15, 0.2) is 0 Å². The number of hydrogen-bond acceptors (Lipinski definition) is 2. The molecule has 0 aliphatic heterocycles. The molecule has 2 saturated carbocycles. The van der Waals surface area contributed by atoms with Crippen LogP contribution in [0.1, 0.15) is 58.8 Å². The lowest BCUT2D eigenvalue weighted by molar-refractivity contribution is 0.164. The van der Waals surface area contributed by atoms with Gasteiger partial charge in [0.05, 0.1) is 0 Å². The maximum Gasteiger partial charge on any atom is 0.0223 e. The Morgan fingerprint density at radius 2 is 1.88 bits per heavy atom. The van der Waals surface area contributed by atoms with Crippen LogP contribution in [0, 0.1) is 5.92 Å². The first-order chi connectivity index (χ1) is 8.35. The van der Waals surface area contributed by atoms with Crippen molar-refractivity contribution in [1.82, 2.24) is 10.2 Å². The average molecular weight is 238 g/mol. The average Bonchev–Trinajstić information content (AvgIpc) is 3.16. The Labute approximate surface area is 107 Å². The van der Waals surface area contributed by atoms with E-state index in [0.717, 1.165) is 18.0 Å². The van der Waals surface area contributed by atoms with E-state index in [2.05, 4.69) is 24.1 Å². The van der Waals surface area contributed by atoms with Crippen molar-refractivity contribution >= 4 is 0 Å². The first-order valence-corrected chi connectivity index (χ1v) is 7.81. The van der Waals surface area contributed by atoms with Crippen LogP contribution in [-0.2, 0) is 0 Å². The Balaban J connectivity index is 1.80. The monoisotopic (exact) mass is 238 g/mol. The maximum atomic E-state index is 3.64. The maximum absolute atomic E-state index is 3.64. The van der Waals surface area contributed by atoms with E-state index in [1.54, 1.807) is 0 Å². The minimum absolute atomic E-state index is 0.805. The van der Waals surface area contributed by atoms with Gasteiger partial charge >= 0.3 is 0 Å². The molecule has 17 heavy (non-hydrogen) atoms. The second-order valence-electron chi connectivity index (χ2n) is 6.02. The number of hydrogen-bond donors (Lipinski definition) is 1. The molecule has 1 atom stereocenters. The van der Waals surface area contributed by atoms with Crippen molar-refractivity contribution in [3.63, 3.8) is 0 Å². The molecule has 0 aromatic carbocycles. The zero-order valence-electron chi connectivity index (χ0n) is 11.8. The van der Waals surface area contributed by atoms with Gasteiger partial charge in [-0.05, 0) is 51.0 Å². The highest BCUT2D eigenvalue weighted by Gasteiger charge is 2.36. The highest BCUT2D eigenvalue weighted by Crippen LogP contribution is 2.36. The molecule has 2 aliphatic rings. The summed E-state index contributed by atoms with van der Waals surface area (Å²) in [5.74, 6) is 1.04. The molecule has 1 unspecified atom stereocenters. The van der Waals surface area contributed by atoms with Crippen LogP contribution in [0.2, 0.25) is 0 Å². The molecule has 0 radical (unpaired) electrons. The molecule has 1 N–H and O–H groups in total. The van der Waals surface area contributed by atoms with Crippen LogP contribution in [0.25, 0.3) is 0 Å². The summed E-state index contributed by atoms with van der Waals surface area (Å²) in [5, 5.41) is 3.64. The van der Waals surface area contributed by atoms with Crippen molar-refractivity contribution < 1.29 is 0 Å². The van der Waals surface area contributed by atoms with E-state index in [0.29, 0.717) is 0 Å². The van der Waals surface area contributed by atoms with Crippen molar-refractivity contribution in [2.24, 2.45) is 5.92 Å². The zero-order valence-corrected chi connectivity index (χ0v) is 11.8. The van der Waals surface area contributed by atoms with E-state index in [9.17, 15) is 0 Å². The first kappa shape index (κ1) is 13.4. The predicted octanol–water partition coefficient (Wildman–Crippen LogP) is 3.03. The Morgan fingerprint density at radius 1 is 1.12 bits per heavy atom. The molecule has 0 amide bonds. The predicted molar refractivity (Wildman–Crippen MR) is 74.3 cm³/mol. The van der Waals surface area contributed by atoms with Gasteiger partial charge in [-0.2, -0.15) is 0 Å². The fourth-order valence-electron chi connectivity index (χ4n) is 2.76. The summed E-state index contributed by atoms with van der Waals surface area (Å²) in [4.78, 5) is 2.85. The Kier molecular flexibility index (Phi) is 5.30. The Bertz CT molecular complexity index is 209. The second kappa shape index (κ2) is 6.75. The van der Waals surface area contributed by atoms with E-state index >= 15 is 0 Å². The number of rotatable bonds is 10. The Hall–Kier alpha value is -0.0800. The van der Waals surface area contributed by atoms with Crippen LogP contribution in [-0.4, -0.2) is 36.6 Å². The molecule has 100 valence electrons. The third-order valence-electron chi connectivity index (χ3n) is 4.08. The first-order valence-electron chi connectivity index (χ1n) is 7.81. The van der Waals surface area contributed by atoms with E-state index < -0.39 is 0 Å². The van der Waals surface area contributed by atoms with Crippen molar-refractivity contribution in [3.05, 3.63) is 0 Å². The summed E-state index contributed by atoms with van der Waals surface area (Å²) < 4.78 is 0. The molecule has 0 aromatic heterocycles. The van der Waals surface area contributed by atoms with Gasteiger partial charge < -0.3 is 5.32 Å². The quantitative estimate of drug-likeness (QED) is 0.589. The van der Waals surface area contributed by atoms with Gasteiger partial charge in [-0.1, -0.05) is 20.3 Å². The largest absolute Gasteiger partial charge is 0.315 e. The summed E-state index contributed by atoms with van der Waals surface area (Å²) >= 11 is 0. The van der Waals surface area contributed by atoms with E-state index in [1.807, 2.05) is 0 Å². The van der Waals surface area contributed by atoms with Gasteiger partial charge in [0.1, 0.15) is 0 Å². The van der Waals surface area contributed by atoms with Gasteiger partial charge in [-0.15, -0.1) is 0 Å². The summed E-state index contributed by atoms with van der Waals surface area (Å²) in [7, 11) is 0. The minimum Gasteiger partial charge on any atom is -0.315 e. The molecule has 0 saturated heterocycles. The molecule has 0 spiro atoms. The molecule has 0 bridgehead atoms. The summed E-state index contributed by atoms with van der Waals surface area (Å²) in [6, 6.07) is 1.75. The normalized spacial score (nSPS) is 22.1. The van der Waals surface area contributed by atoms with Crippen LogP contribution >= 0.6 is 0 Å².